The molecular formula is C12H13NOS2. The molecule has 0 amide bonds. The minimum Gasteiger partial charge on any atom is -0.387 e. The zero-order valence-corrected chi connectivity index (χ0v) is 10.6. The zero-order chi connectivity index (χ0) is 11.4. The lowest BCUT2D eigenvalue weighted by molar-refractivity contribution is 0.169. The largest absolute Gasteiger partial charge is 0.387 e. The second-order valence-electron chi connectivity index (χ2n) is 3.38. The second-order valence-corrected chi connectivity index (χ2v) is 5.70. The maximum atomic E-state index is 9.61. The van der Waals surface area contributed by atoms with Gasteiger partial charge in [0.15, 0.2) is 0 Å². The maximum Gasteiger partial charge on any atom is 0.0957 e. The molecule has 2 aromatic heterocycles. The van der Waals surface area contributed by atoms with Crippen LogP contribution in [-0.4, -0.2) is 10.1 Å². The highest BCUT2D eigenvalue weighted by molar-refractivity contribution is 8.01. The average molecular weight is 251 g/mol. The summed E-state index contributed by atoms with van der Waals surface area (Å²) in [6.45, 7) is 1.95. The minimum absolute atomic E-state index is 0.444. The molecule has 0 spiro atoms. The smallest absolute Gasteiger partial charge is 0.0957 e. The molecule has 84 valence electrons. The molecule has 1 N–H and O–H groups in total. The van der Waals surface area contributed by atoms with Crippen LogP contribution in [0.3, 0.4) is 0 Å². The third-order valence-electron chi connectivity index (χ3n) is 2.20. The van der Waals surface area contributed by atoms with Crippen molar-refractivity contribution < 1.29 is 5.11 Å². The van der Waals surface area contributed by atoms with Gasteiger partial charge in [0.25, 0.3) is 0 Å². The molecule has 0 bridgehead atoms. The van der Waals surface area contributed by atoms with Crippen LogP contribution in [0.4, 0.5) is 0 Å². The highest BCUT2D eigenvalue weighted by Gasteiger charge is 2.06. The van der Waals surface area contributed by atoms with Gasteiger partial charge in [-0.05, 0) is 30.0 Å². The fourth-order valence-electron chi connectivity index (χ4n) is 1.30. The Labute approximate surface area is 103 Å². The van der Waals surface area contributed by atoms with E-state index in [1.54, 1.807) is 23.1 Å². The molecule has 1 atom stereocenters. The summed E-state index contributed by atoms with van der Waals surface area (Å²) in [6.07, 6.45) is 2.07. The first-order valence-corrected chi connectivity index (χ1v) is 6.84. The van der Waals surface area contributed by atoms with Gasteiger partial charge in [0.1, 0.15) is 0 Å². The van der Waals surface area contributed by atoms with E-state index in [1.165, 1.54) is 4.21 Å². The maximum absolute atomic E-state index is 9.61. The third-order valence-corrected chi connectivity index (χ3v) is 4.22. The fourth-order valence-corrected chi connectivity index (χ4v) is 3.01. The van der Waals surface area contributed by atoms with Crippen LogP contribution in [0.1, 0.15) is 25.1 Å². The number of hydrogen-bond acceptors (Lipinski definition) is 4. The second kappa shape index (κ2) is 5.48. The highest BCUT2D eigenvalue weighted by atomic mass is 32.2. The van der Waals surface area contributed by atoms with Gasteiger partial charge in [0, 0.05) is 11.1 Å². The van der Waals surface area contributed by atoms with Crippen molar-refractivity contribution in [1.29, 1.82) is 0 Å². The van der Waals surface area contributed by atoms with E-state index in [9.17, 15) is 5.11 Å². The molecule has 2 heterocycles. The van der Waals surface area contributed by atoms with E-state index in [1.807, 2.05) is 31.3 Å². The van der Waals surface area contributed by atoms with Crippen molar-refractivity contribution in [3.05, 3.63) is 41.5 Å². The first-order valence-electron chi connectivity index (χ1n) is 5.15. The number of hydrogen-bond donors (Lipinski definition) is 1. The molecule has 2 nitrogen and oxygen atoms in total. The number of pyridine rings is 1. The number of thiophene rings is 1. The highest BCUT2D eigenvalue weighted by Crippen LogP contribution is 2.31. The molecule has 4 heteroatoms. The van der Waals surface area contributed by atoms with Gasteiger partial charge >= 0.3 is 0 Å². The summed E-state index contributed by atoms with van der Waals surface area (Å²) in [5.74, 6) is 0. The van der Waals surface area contributed by atoms with Crippen LogP contribution in [-0.2, 0) is 0 Å². The summed E-state index contributed by atoms with van der Waals surface area (Å²) < 4.78 is 1.26. The van der Waals surface area contributed by atoms with Crippen molar-refractivity contribution in [2.75, 3.05) is 0 Å². The van der Waals surface area contributed by atoms with Crippen LogP contribution >= 0.6 is 23.1 Å². The van der Waals surface area contributed by atoms with E-state index < -0.39 is 6.10 Å². The van der Waals surface area contributed by atoms with Gasteiger partial charge in [0.2, 0.25) is 0 Å². The number of rotatable bonds is 4. The minimum atomic E-state index is -0.444. The monoisotopic (exact) mass is 251 g/mol. The standard InChI is InChI=1S/C12H13NOS2/c1-2-11(14)10-6-5-9(8-13-10)16-12-4-3-7-15-12/h3-8,11,14H,2H2,1H3. The summed E-state index contributed by atoms with van der Waals surface area (Å²) in [6, 6.07) is 8.02. The van der Waals surface area contributed by atoms with E-state index in [0.717, 1.165) is 10.6 Å². The molecule has 0 aromatic carbocycles. The van der Waals surface area contributed by atoms with E-state index in [2.05, 4.69) is 16.4 Å². The molecular weight excluding hydrogens is 238 g/mol. The van der Waals surface area contributed by atoms with E-state index in [0.29, 0.717) is 6.42 Å². The molecule has 0 radical (unpaired) electrons. The molecule has 1 unspecified atom stereocenters. The predicted molar refractivity (Wildman–Crippen MR) is 67.9 cm³/mol. The predicted octanol–water partition coefficient (Wildman–Crippen LogP) is 3.74. The normalized spacial score (nSPS) is 12.6. The number of aromatic nitrogens is 1. The van der Waals surface area contributed by atoms with Gasteiger partial charge < -0.3 is 5.11 Å². The van der Waals surface area contributed by atoms with Gasteiger partial charge in [-0.15, -0.1) is 11.3 Å². The summed E-state index contributed by atoms with van der Waals surface area (Å²) in [5.41, 5.74) is 0.748. The summed E-state index contributed by atoms with van der Waals surface area (Å²) >= 11 is 3.42. The molecule has 0 saturated heterocycles. The third kappa shape index (κ3) is 2.84. The Morgan fingerprint density at radius 1 is 1.44 bits per heavy atom. The lowest BCUT2D eigenvalue weighted by atomic mass is 10.2. The molecule has 2 aromatic rings. The Bertz CT molecular complexity index is 425. The average Bonchev–Trinajstić information content (AvgIpc) is 2.82. The molecule has 2 rings (SSSR count). The first kappa shape index (κ1) is 11.6. The molecule has 0 aliphatic carbocycles. The topological polar surface area (TPSA) is 33.1 Å². The first-order chi connectivity index (χ1) is 7.79. The van der Waals surface area contributed by atoms with Gasteiger partial charge in [-0.2, -0.15) is 0 Å². The van der Waals surface area contributed by atoms with E-state index in [-0.39, 0.29) is 0 Å². The SMILES string of the molecule is CCC(O)c1ccc(Sc2cccs2)cn1. The van der Waals surface area contributed by atoms with Crippen molar-refractivity contribution in [3.63, 3.8) is 0 Å². The Morgan fingerprint density at radius 3 is 2.88 bits per heavy atom. The summed E-state index contributed by atoms with van der Waals surface area (Å²) in [5, 5.41) is 11.7. The van der Waals surface area contributed by atoms with Crippen molar-refractivity contribution >= 4 is 23.1 Å². The lowest BCUT2D eigenvalue weighted by Crippen LogP contribution is -1.97. The zero-order valence-electron chi connectivity index (χ0n) is 8.96. The quantitative estimate of drug-likeness (QED) is 0.898. The lowest BCUT2D eigenvalue weighted by Gasteiger charge is -2.07. The molecule has 0 fully saturated rings. The van der Waals surface area contributed by atoms with Crippen LogP contribution in [0.5, 0.6) is 0 Å². The van der Waals surface area contributed by atoms with Gasteiger partial charge in [0.05, 0.1) is 16.0 Å². The van der Waals surface area contributed by atoms with Crippen molar-refractivity contribution in [1.82, 2.24) is 4.98 Å². The van der Waals surface area contributed by atoms with Crippen LogP contribution in [0, 0.1) is 0 Å². The summed E-state index contributed by atoms with van der Waals surface area (Å²) in [7, 11) is 0. The summed E-state index contributed by atoms with van der Waals surface area (Å²) in [4.78, 5) is 5.37. The van der Waals surface area contributed by atoms with Crippen molar-refractivity contribution in [2.45, 2.75) is 28.6 Å². The fraction of sp³-hybridized carbons (Fsp3) is 0.250. The van der Waals surface area contributed by atoms with Crippen LogP contribution < -0.4 is 0 Å². The Hall–Kier alpha value is -0.840. The van der Waals surface area contributed by atoms with Crippen molar-refractivity contribution in [3.8, 4) is 0 Å². The van der Waals surface area contributed by atoms with Crippen LogP contribution in [0.15, 0.2) is 44.9 Å². The van der Waals surface area contributed by atoms with Gasteiger partial charge in [-0.3, -0.25) is 4.98 Å². The number of aliphatic hydroxyl groups excluding tert-OH is 1. The van der Waals surface area contributed by atoms with Crippen molar-refractivity contribution in [2.24, 2.45) is 0 Å². The molecule has 0 aliphatic heterocycles. The molecule has 0 saturated carbocycles. The Balaban J connectivity index is 2.07. The van der Waals surface area contributed by atoms with Crippen LogP contribution in [0.25, 0.3) is 0 Å². The number of aliphatic hydroxyl groups is 1. The molecule has 0 aliphatic rings. The van der Waals surface area contributed by atoms with Gasteiger partial charge in [-0.1, -0.05) is 24.8 Å². The van der Waals surface area contributed by atoms with Gasteiger partial charge in [-0.25, -0.2) is 0 Å². The van der Waals surface area contributed by atoms with Crippen LogP contribution in [0.2, 0.25) is 0 Å². The van der Waals surface area contributed by atoms with E-state index >= 15 is 0 Å². The van der Waals surface area contributed by atoms with E-state index in [4.69, 9.17) is 0 Å². The Morgan fingerprint density at radius 2 is 2.31 bits per heavy atom. The molecule has 16 heavy (non-hydrogen) atoms. The Kier molecular flexibility index (Phi) is 3.98. The number of nitrogens with zero attached hydrogens (tertiary/aromatic N) is 1.